The second-order valence-electron chi connectivity index (χ2n) is 6.96. The van der Waals surface area contributed by atoms with Gasteiger partial charge in [-0.1, -0.05) is 35.0 Å². The van der Waals surface area contributed by atoms with E-state index in [0.717, 1.165) is 46.1 Å². The molecule has 6 nitrogen and oxygen atoms in total. The first-order chi connectivity index (χ1) is 14.6. The number of halogens is 1. The summed E-state index contributed by atoms with van der Waals surface area (Å²) in [7, 11) is 0. The zero-order valence-corrected chi connectivity index (χ0v) is 18.1. The Morgan fingerprint density at radius 3 is 2.80 bits per heavy atom. The second-order valence-corrected chi connectivity index (χ2v) is 7.40. The van der Waals surface area contributed by atoms with Gasteiger partial charge in [0, 0.05) is 35.1 Å². The molecule has 0 aliphatic heterocycles. The summed E-state index contributed by atoms with van der Waals surface area (Å²) in [6.07, 6.45) is 3.78. The largest absolute Gasteiger partial charge is 0.396 e. The van der Waals surface area contributed by atoms with Gasteiger partial charge in [-0.25, -0.2) is 9.97 Å². The van der Waals surface area contributed by atoms with Crippen LogP contribution >= 0.6 is 11.6 Å². The molecule has 30 heavy (non-hydrogen) atoms. The molecule has 2 aromatic heterocycles. The lowest BCUT2D eigenvalue weighted by atomic mass is 10.1. The van der Waals surface area contributed by atoms with Crippen LogP contribution in [-0.2, 0) is 17.9 Å². The molecule has 0 unspecified atom stereocenters. The Morgan fingerprint density at radius 2 is 2.03 bits per heavy atom. The van der Waals surface area contributed by atoms with E-state index in [9.17, 15) is 0 Å². The van der Waals surface area contributed by atoms with E-state index in [0.29, 0.717) is 18.2 Å². The fraction of sp³-hybridized carbons (Fsp3) is 0.261. The first-order valence-corrected chi connectivity index (χ1v) is 10.4. The third-order valence-corrected chi connectivity index (χ3v) is 5.24. The highest BCUT2D eigenvalue weighted by Crippen LogP contribution is 2.24. The average molecular weight is 422 g/mol. The zero-order valence-electron chi connectivity index (χ0n) is 17.3. The molecule has 0 atom stereocenters. The van der Waals surface area contributed by atoms with Gasteiger partial charge in [-0.05, 0) is 45.0 Å². The van der Waals surface area contributed by atoms with Crippen LogP contribution in [0.3, 0.4) is 0 Å². The molecule has 0 aliphatic carbocycles. The third-order valence-electron chi connectivity index (χ3n) is 5.00. The van der Waals surface area contributed by atoms with E-state index in [1.807, 2.05) is 44.3 Å². The van der Waals surface area contributed by atoms with E-state index in [1.165, 1.54) is 0 Å². The van der Waals surface area contributed by atoms with Crippen LogP contribution in [0.4, 0.5) is 0 Å². The molecule has 0 amide bonds. The Morgan fingerprint density at radius 1 is 1.17 bits per heavy atom. The van der Waals surface area contributed by atoms with E-state index in [2.05, 4.69) is 44.4 Å². The average Bonchev–Trinajstić information content (AvgIpc) is 3.35. The van der Waals surface area contributed by atoms with Crippen LogP contribution in [0.25, 0.3) is 22.4 Å². The maximum Gasteiger partial charge on any atom is 0.140 e. The van der Waals surface area contributed by atoms with Crippen molar-refractivity contribution < 1.29 is 4.84 Å². The van der Waals surface area contributed by atoms with Crippen LogP contribution in [0.1, 0.15) is 32.2 Å². The van der Waals surface area contributed by atoms with Crippen LogP contribution in [0.5, 0.6) is 0 Å². The molecule has 0 saturated carbocycles. The number of hydrogen-bond donors (Lipinski definition) is 0. The van der Waals surface area contributed by atoms with Gasteiger partial charge < -0.3 is 14.0 Å². The molecule has 2 heterocycles. The standard InChI is InChI=1S/C23H24ClN5O/c1-4-29-21-10-9-17(16(3)27-30-5-2)14-20(21)26-22(29)15-28-12-11-25-23(28)18-7-6-8-19(24)13-18/h6-14H,4-5,15H2,1-3H3/b27-16+. The Labute approximate surface area is 180 Å². The predicted molar refractivity (Wildman–Crippen MR) is 121 cm³/mol. The van der Waals surface area contributed by atoms with Gasteiger partial charge in [-0.3, -0.25) is 0 Å². The lowest BCUT2D eigenvalue weighted by molar-refractivity contribution is 0.159. The van der Waals surface area contributed by atoms with E-state index in [1.54, 1.807) is 6.20 Å². The highest BCUT2D eigenvalue weighted by Gasteiger charge is 2.14. The topological polar surface area (TPSA) is 57.2 Å². The van der Waals surface area contributed by atoms with E-state index in [-0.39, 0.29) is 0 Å². The maximum absolute atomic E-state index is 6.18. The lowest BCUT2D eigenvalue weighted by Crippen LogP contribution is -2.08. The van der Waals surface area contributed by atoms with Crippen molar-refractivity contribution in [1.29, 1.82) is 0 Å². The van der Waals surface area contributed by atoms with Crippen LogP contribution in [-0.4, -0.2) is 31.4 Å². The summed E-state index contributed by atoms with van der Waals surface area (Å²) in [5, 5.41) is 4.84. The summed E-state index contributed by atoms with van der Waals surface area (Å²) in [4.78, 5) is 14.7. The van der Waals surface area contributed by atoms with Crippen LogP contribution in [0.2, 0.25) is 5.02 Å². The van der Waals surface area contributed by atoms with Crippen molar-refractivity contribution in [2.75, 3.05) is 6.61 Å². The fourth-order valence-corrected chi connectivity index (χ4v) is 3.76. The summed E-state index contributed by atoms with van der Waals surface area (Å²) in [5.41, 5.74) is 4.87. The molecule has 0 spiro atoms. The van der Waals surface area contributed by atoms with Gasteiger partial charge in [0.1, 0.15) is 18.3 Å². The lowest BCUT2D eigenvalue weighted by Gasteiger charge is -2.10. The fourth-order valence-electron chi connectivity index (χ4n) is 3.57. The molecule has 0 radical (unpaired) electrons. The smallest absolute Gasteiger partial charge is 0.140 e. The monoisotopic (exact) mass is 421 g/mol. The minimum absolute atomic E-state index is 0.550. The Kier molecular flexibility index (Phi) is 5.86. The number of oxime groups is 1. The van der Waals surface area contributed by atoms with Crippen LogP contribution < -0.4 is 0 Å². The van der Waals surface area contributed by atoms with Gasteiger partial charge in [-0.15, -0.1) is 0 Å². The minimum Gasteiger partial charge on any atom is -0.396 e. The highest BCUT2D eigenvalue weighted by atomic mass is 35.5. The number of rotatable bonds is 7. The van der Waals surface area contributed by atoms with Crippen LogP contribution in [0.15, 0.2) is 60.0 Å². The number of aromatic nitrogens is 4. The number of aryl methyl sites for hydroxylation is 1. The first-order valence-electron chi connectivity index (χ1n) is 10.0. The van der Waals surface area contributed by atoms with Gasteiger partial charge in [0.05, 0.1) is 23.3 Å². The highest BCUT2D eigenvalue weighted by molar-refractivity contribution is 6.30. The van der Waals surface area contributed by atoms with Crippen molar-refractivity contribution in [1.82, 2.24) is 19.1 Å². The molecule has 0 fully saturated rings. The molecule has 4 aromatic rings. The molecular formula is C23H24ClN5O. The summed E-state index contributed by atoms with van der Waals surface area (Å²) < 4.78 is 4.33. The summed E-state index contributed by atoms with van der Waals surface area (Å²) in [6.45, 7) is 7.99. The van der Waals surface area contributed by atoms with Crippen molar-refractivity contribution in [3.05, 3.63) is 71.3 Å². The van der Waals surface area contributed by atoms with E-state index in [4.69, 9.17) is 21.4 Å². The van der Waals surface area contributed by atoms with Crippen LogP contribution in [0, 0.1) is 0 Å². The normalized spacial score (nSPS) is 11.9. The molecule has 0 aliphatic rings. The molecule has 7 heteroatoms. The molecule has 0 bridgehead atoms. The van der Waals surface area contributed by atoms with Gasteiger partial charge in [-0.2, -0.15) is 0 Å². The Balaban J connectivity index is 1.71. The molecule has 0 N–H and O–H groups in total. The molecule has 4 rings (SSSR count). The number of nitrogens with zero attached hydrogens (tertiary/aromatic N) is 5. The van der Waals surface area contributed by atoms with Gasteiger partial charge in [0.25, 0.3) is 0 Å². The SMILES string of the molecule is CCO/N=C(\C)c1ccc2c(c1)nc(Cn1ccnc1-c1cccc(Cl)c1)n2CC. The molecule has 0 saturated heterocycles. The third kappa shape index (κ3) is 3.96. The van der Waals surface area contributed by atoms with E-state index >= 15 is 0 Å². The molecule has 2 aromatic carbocycles. The molecular weight excluding hydrogens is 398 g/mol. The van der Waals surface area contributed by atoms with E-state index < -0.39 is 0 Å². The quantitative estimate of drug-likeness (QED) is 0.297. The minimum atomic E-state index is 0.550. The van der Waals surface area contributed by atoms with Gasteiger partial charge in [0.2, 0.25) is 0 Å². The van der Waals surface area contributed by atoms with Crippen molar-refractivity contribution >= 4 is 28.3 Å². The van der Waals surface area contributed by atoms with Crippen molar-refractivity contribution in [2.45, 2.75) is 33.9 Å². The van der Waals surface area contributed by atoms with Gasteiger partial charge in [0.15, 0.2) is 0 Å². The summed E-state index contributed by atoms with van der Waals surface area (Å²) in [5.74, 6) is 1.85. The van der Waals surface area contributed by atoms with Gasteiger partial charge >= 0.3 is 0 Å². The van der Waals surface area contributed by atoms with Crippen molar-refractivity contribution in [2.24, 2.45) is 5.16 Å². The molecule has 154 valence electrons. The summed E-state index contributed by atoms with van der Waals surface area (Å²) >= 11 is 6.18. The maximum atomic E-state index is 6.18. The first kappa shape index (κ1) is 20.2. The number of hydrogen-bond acceptors (Lipinski definition) is 4. The Hall–Kier alpha value is -3.12. The number of benzene rings is 2. The number of imidazole rings is 2. The van der Waals surface area contributed by atoms with Crippen molar-refractivity contribution in [3.8, 4) is 11.4 Å². The predicted octanol–water partition coefficient (Wildman–Crippen LogP) is 5.38. The Bertz CT molecular complexity index is 1210. The number of fused-ring (bicyclic) bond motifs is 1. The zero-order chi connectivity index (χ0) is 21.1. The summed E-state index contributed by atoms with van der Waals surface area (Å²) in [6, 6.07) is 14.0. The second kappa shape index (κ2) is 8.71. The van der Waals surface area contributed by atoms with Crippen molar-refractivity contribution in [3.63, 3.8) is 0 Å².